The molecular weight excluding hydrogens is 266 g/mol. The summed E-state index contributed by atoms with van der Waals surface area (Å²) in [5.74, 6) is 0.623. The lowest BCUT2D eigenvalue weighted by atomic mass is 10.0. The first-order valence-corrected chi connectivity index (χ1v) is 8.28. The second-order valence-electron chi connectivity index (χ2n) is 6.90. The molecule has 0 aromatic heterocycles. The van der Waals surface area contributed by atoms with Crippen LogP contribution in [0.5, 0.6) is 0 Å². The molecule has 0 aliphatic heterocycles. The molecule has 1 aliphatic carbocycles. The quantitative estimate of drug-likeness (QED) is 0.708. The van der Waals surface area contributed by atoms with Crippen LogP contribution in [0.25, 0.3) is 0 Å². The van der Waals surface area contributed by atoms with Crippen molar-refractivity contribution in [3.8, 4) is 0 Å². The van der Waals surface area contributed by atoms with Crippen LogP contribution in [0, 0.1) is 5.92 Å². The Morgan fingerprint density at radius 3 is 2.67 bits per heavy atom. The highest BCUT2D eigenvalue weighted by atomic mass is 16.6. The van der Waals surface area contributed by atoms with E-state index in [1.54, 1.807) is 4.90 Å². The molecule has 0 radical (unpaired) electrons. The summed E-state index contributed by atoms with van der Waals surface area (Å²) >= 11 is 0. The highest BCUT2D eigenvalue weighted by Gasteiger charge is 2.25. The number of carbonyl (C=O) groups is 1. The maximum atomic E-state index is 12.0. The predicted octanol–water partition coefficient (Wildman–Crippen LogP) is 2.35. The van der Waals surface area contributed by atoms with E-state index in [0.29, 0.717) is 18.5 Å². The fraction of sp³-hybridized carbons (Fsp3) is 0.938. The molecule has 1 amide bonds. The van der Waals surface area contributed by atoms with Crippen LogP contribution in [0.3, 0.4) is 0 Å². The Morgan fingerprint density at radius 2 is 2.10 bits per heavy atom. The third-order valence-electron chi connectivity index (χ3n) is 4.01. The molecule has 0 saturated heterocycles. The van der Waals surface area contributed by atoms with E-state index in [-0.39, 0.29) is 6.09 Å². The second kappa shape index (κ2) is 8.59. The van der Waals surface area contributed by atoms with Crippen molar-refractivity contribution in [2.45, 2.75) is 65.0 Å². The van der Waals surface area contributed by atoms with Gasteiger partial charge in [0.2, 0.25) is 0 Å². The predicted molar refractivity (Wildman–Crippen MR) is 86.3 cm³/mol. The SMILES string of the molecule is CCN(CCCNC1CCCC1CN)C(=O)OC(C)(C)C. The van der Waals surface area contributed by atoms with Crippen molar-refractivity contribution in [1.29, 1.82) is 0 Å². The number of hydrogen-bond donors (Lipinski definition) is 2. The number of ether oxygens (including phenoxy) is 1. The van der Waals surface area contributed by atoms with Crippen molar-refractivity contribution in [3.05, 3.63) is 0 Å². The fourth-order valence-electron chi connectivity index (χ4n) is 2.85. The van der Waals surface area contributed by atoms with E-state index in [2.05, 4.69) is 5.32 Å². The average Bonchev–Trinajstić information content (AvgIpc) is 2.84. The fourth-order valence-corrected chi connectivity index (χ4v) is 2.85. The molecule has 0 aromatic carbocycles. The van der Waals surface area contributed by atoms with Gasteiger partial charge in [-0.25, -0.2) is 4.79 Å². The van der Waals surface area contributed by atoms with Crippen LogP contribution in [-0.4, -0.2) is 48.8 Å². The smallest absolute Gasteiger partial charge is 0.410 e. The number of nitrogens with one attached hydrogen (secondary N) is 1. The molecule has 0 spiro atoms. The van der Waals surface area contributed by atoms with E-state index in [4.69, 9.17) is 10.5 Å². The van der Waals surface area contributed by atoms with E-state index >= 15 is 0 Å². The molecule has 21 heavy (non-hydrogen) atoms. The van der Waals surface area contributed by atoms with E-state index in [0.717, 1.165) is 26.1 Å². The van der Waals surface area contributed by atoms with Gasteiger partial charge in [0.25, 0.3) is 0 Å². The molecule has 0 aromatic rings. The lowest BCUT2D eigenvalue weighted by Crippen LogP contribution is -2.40. The van der Waals surface area contributed by atoms with Gasteiger partial charge in [-0.05, 0) is 66.0 Å². The van der Waals surface area contributed by atoms with Gasteiger partial charge in [0.1, 0.15) is 5.60 Å². The molecule has 2 unspecified atom stereocenters. The minimum atomic E-state index is -0.430. The minimum absolute atomic E-state index is 0.217. The third-order valence-corrected chi connectivity index (χ3v) is 4.01. The van der Waals surface area contributed by atoms with Crippen molar-refractivity contribution in [2.24, 2.45) is 11.7 Å². The van der Waals surface area contributed by atoms with Crippen molar-refractivity contribution < 1.29 is 9.53 Å². The van der Waals surface area contributed by atoms with Gasteiger partial charge in [-0.2, -0.15) is 0 Å². The topological polar surface area (TPSA) is 67.6 Å². The highest BCUT2D eigenvalue weighted by Crippen LogP contribution is 2.24. The number of rotatable bonds is 7. The molecule has 0 bridgehead atoms. The van der Waals surface area contributed by atoms with Gasteiger partial charge in [-0.1, -0.05) is 6.42 Å². The Bertz CT molecular complexity index is 315. The molecule has 5 heteroatoms. The Balaban J connectivity index is 2.24. The molecule has 3 N–H and O–H groups in total. The van der Waals surface area contributed by atoms with E-state index < -0.39 is 5.60 Å². The Labute approximate surface area is 129 Å². The van der Waals surface area contributed by atoms with Gasteiger partial charge >= 0.3 is 6.09 Å². The maximum Gasteiger partial charge on any atom is 0.410 e. The first-order chi connectivity index (χ1) is 9.87. The van der Waals surface area contributed by atoms with Crippen LogP contribution in [0.2, 0.25) is 0 Å². The highest BCUT2D eigenvalue weighted by molar-refractivity contribution is 5.68. The van der Waals surface area contributed by atoms with Crippen molar-refractivity contribution in [3.63, 3.8) is 0 Å². The molecule has 1 rings (SSSR count). The molecule has 2 atom stereocenters. The van der Waals surface area contributed by atoms with Gasteiger partial charge in [-0.3, -0.25) is 0 Å². The van der Waals surface area contributed by atoms with Crippen molar-refractivity contribution in [1.82, 2.24) is 10.2 Å². The van der Waals surface area contributed by atoms with Crippen LogP contribution in [0.1, 0.15) is 53.4 Å². The van der Waals surface area contributed by atoms with E-state index in [9.17, 15) is 4.79 Å². The van der Waals surface area contributed by atoms with Gasteiger partial charge < -0.3 is 20.7 Å². The summed E-state index contributed by atoms with van der Waals surface area (Å²) in [6.07, 6.45) is 4.48. The number of amides is 1. The van der Waals surface area contributed by atoms with Crippen LogP contribution in [0.4, 0.5) is 4.79 Å². The van der Waals surface area contributed by atoms with Crippen LogP contribution in [0.15, 0.2) is 0 Å². The summed E-state index contributed by atoms with van der Waals surface area (Å²) < 4.78 is 5.41. The van der Waals surface area contributed by atoms with Crippen LogP contribution in [-0.2, 0) is 4.74 Å². The molecule has 0 heterocycles. The summed E-state index contributed by atoms with van der Waals surface area (Å²) in [4.78, 5) is 13.8. The van der Waals surface area contributed by atoms with Gasteiger partial charge in [0, 0.05) is 19.1 Å². The summed E-state index contributed by atoms with van der Waals surface area (Å²) in [5.41, 5.74) is 5.36. The Kier molecular flexibility index (Phi) is 7.46. The first kappa shape index (κ1) is 18.2. The van der Waals surface area contributed by atoms with Gasteiger partial charge in [0.05, 0.1) is 0 Å². The first-order valence-electron chi connectivity index (χ1n) is 8.28. The number of carbonyl (C=O) groups excluding carboxylic acids is 1. The lowest BCUT2D eigenvalue weighted by molar-refractivity contribution is 0.0258. The maximum absolute atomic E-state index is 12.0. The van der Waals surface area contributed by atoms with Gasteiger partial charge in [0.15, 0.2) is 0 Å². The zero-order valence-corrected chi connectivity index (χ0v) is 14.2. The normalized spacial score (nSPS) is 22.3. The molecular formula is C16H33N3O2. The van der Waals surface area contributed by atoms with Crippen LogP contribution >= 0.6 is 0 Å². The molecule has 124 valence electrons. The van der Waals surface area contributed by atoms with Crippen molar-refractivity contribution >= 4 is 6.09 Å². The molecule has 1 saturated carbocycles. The summed E-state index contributed by atoms with van der Waals surface area (Å²) in [5, 5.41) is 3.59. The summed E-state index contributed by atoms with van der Waals surface area (Å²) in [6.45, 7) is 10.8. The van der Waals surface area contributed by atoms with E-state index in [1.165, 1.54) is 19.3 Å². The zero-order valence-electron chi connectivity index (χ0n) is 14.2. The number of nitrogens with zero attached hydrogens (tertiary/aromatic N) is 1. The van der Waals surface area contributed by atoms with E-state index in [1.807, 2.05) is 27.7 Å². The lowest BCUT2D eigenvalue weighted by Gasteiger charge is -2.27. The Hall–Kier alpha value is -0.810. The average molecular weight is 299 g/mol. The minimum Gasteiger partial charge on any atom is -0.444 e. The summed E-state index contributed by atoms with van der Waals surface area (Å²) in [7, 11) is 0. The third kappa shape index (κ3) is 6.66. The summed E-state index contributed by atoms with van der Waals surface area (Å²) in [6, 6.07) is 0.562. The molecule has 1 fully saturated rings. The van der Waals surface area contributed by atoms with Crippen molar-refractivity contribution in [2.75, 3.05) is 26.2 Å². The number of hydrogen-bond acceptors (Lipinski definition) is 4. The second-order valence-corrected chi connectivity index (χ2v) is 6.90. The molecule has 5 nitrogen and oxygen atoms in total. The van der Waals surface area contributed by atoms with Crippen LogP contribution < -0.4 is 11.1 Å². The zero-order chi connectivity index (χ0) is 15.9. The largest absolute Gasteiger partial charge is 0.444 e. The monoisotopic (exact) mass is 299 g/mol. The van der Waals surface area contributed by atoms with Gasteiger partial charge in [-0.15, -0.1) is 0 Å². The Morgan fingerprint density at radius 1 is 1.38 bits per heavy atom. The number of nitrogens with two attached hydrogens (primary N) is 1. The standard InChI is InChI=1S/C16H33N3O2/c1-5-19(15(20)21-16(2,3)4)11-7-10-18-14-9-6-8-13(14)12-17/h13-14,18H,5-12,17H2,1-4H3. The molecule has 1 aliphatic rings.